The van der Waals surface area contributed by atoms with E-state index in [0.717, 1.165) is 57.1 Å². The van der Waals surface area contributed by atoms with Crippen molar-refractivity contribution < 1.29 is 9.21 Å². The van der Waals surface area contributed by atoms with Crippen LogP contribution in [0, 0.1) is 12.8 Å². The molecule has 2 aliphatic rings. The highest BCUT2D eigenvalue weighted by Gasteiger charge is 2.33. The van der Waals surface area contributed by atoms with E-state index in [4.69, 9.17) is 4.42 Å². The van der Waals surface area contributed by atoms with Crippen molar-refractivity contribution in [3.8, 4) is 0 Å². The molecule has 0 N–H and O–H groups in total. The third kappa shape index (κ3) is 5.29. The fourth-order valence-electron chi connectivity index (χ4n) is 4.93. The zero-order valence-electron chi connectivity index (χ0n) is 18.3. The molecule has 2 saturated heterocycles. The molecule has 0 unspecified atom stereocenters. The van der Waals surface area contributed by atoms with Gasteiger partial charge in [0.25, 0.3) is 0 Å². The quantitative estimate of drug-likeness (QED) is 0.731. The van der Waals surface area contributed by atoms with Crippen LogP contribution in [0.3, 0.4) is 0 Å². The van der Waals surface area contributed by atoms with Crippen LogP contribution in [0.5, 0.6) is 0 Å². The van der Waals surface area contributed by atoms with Crippen LogP contribution in [-0.4, -0.2) is 64.9 Å². The Labute approximate surface area is 179 Å². The van der Waals surface area contributed by atoms with Gasteiger partial charge in [-0.05, 0) is 76.0 Å². The van der Waals surface area contributed by atoms with Gasteiger partial charge in [-0.2, -0.15) is 0 Å². The number of hydrogen-bond donors (Lipinski definition) is 0. The second-order valence-corrected chi connectivity index (χ2v) is 8.91. The van der Waals surface area contributed by atoms with Crippen molar-refractivity contribution in [2.45, 2.75) is 51.7 Å². The Kier molecular flexibility index (Phi) is 6.85. The fraction of sp³-hybridized carbons (Fsp3) is 0.583. The first-order chi connectivity index (χ1) is 14.6. The van der Waals surface area contributed by atoms with Crippen LogP contribution in [0.25, 0.3) is 0 Å². The molecule has 0 aromatic carbocycles. The third-order valence-corrected chi connectivity index (χ3v) is 6.57. The average molecular weight is 411 g/mol. The number of carbonyl (C=O) groups is 1. The van der Waals surface area contributed by atoms with E-state index in [-0.39, 0.29) is 11.8 Å². The summed E-state index contributed by atoms with van der Waals surface area (Å²) in [5.41, 5.74) is 1.29. The van der Waals surface area contributed by atoms with Crippen molar-refractivity contribution in [2.24, 2.45) is 5.92 Å². The second-order valence-electron chi connectivity index (χ2n) is 8.91. The van der Waals surface area contributed by atoms with Gasteiger partial charge in [0.05, 0.1) is 12.5 Å². The number of nitrogens with zero attached hydrogens (tertiary/aromatic N) is 4. The minimum Gasteiger partial charge on any atom is -0.464 e. The molecule has 4 rings (SSSR count). The summed E-state index contributed by atoms with van der Waals surface area (Å²) < 4.78 is 5.65. The van der Waals surface area contributed by atoms with Gasteiger partial charge in [-0.1, -0.05) is 6.07 Å². The number of hydrogen-bond acceptors (Lipinski definition) is 5. The molecule has 162 valence electrons. The molecule has 0 bridgehead atoms. The van der Waals surface area contributed by atoms with Crippen molar-refractivity contribution in [3.63, 3.8) is 0 Å². The molecule has 0 aliphatic carbocycles. The van der Waals surface area contributed by atoms with Crippen LogP contribution in [-0.2, 0) is 17.9 Å². The van der Waals surface area contributed by atoms with E-state index in [9.17, 15) is 4.79 Å². The number of aromatic nitrogens is 1. The molecule has 2 aromatic heterocycles. The molecule has 30 heavy (non-hydrogen) atoms. The number of carbonyl (C=O) groups excluding carboxylic acids is 1. The van der Waals surface area contributed by atoms with E-state index in [2.05, 4.69) is 20.9 Å². The molecule has 6 heteroatoms. The first-order valence-corrected chi connectivity index (χ1v) is 11.2. The van der Waals surface area contributed by atoms with Gasteiger partial charge in [-0.25, -0.2) is 0 Å². The van der Waals surface area contributed by atoms with E-state index in [1.807, 2.05) is 49.5 Å². The van der Waals surface area contributed by atoms with Crippen molar-refractivity contribution in [1.82, 2.24) is 19.7 Å². The highest BCUT2D eigenvalue weighted by molar-refractivity contribution is 5.78. The monoisotopic (exact) mass is 410 g/mol. The van der Waals surface area contributed by atoms with Gasteiger partial charge in [-0.15, -0.1) is 0 Å². The Morgan fingerprint density at radius 2 is 2.03 bits per heavy atom. The minimum atomic E-state index is 0.105. The lowest BCUT2D eigenvalue weighted by atomic mass is 9.93. The Bertz CT molecular complexity index is 814. The summed E-state index contributed by atoms with van der Waals surface area (Å²) in [6.07, 6.45) is 8.27. The zero-order valence-corrected chi connectivity index (χ0v) is 18.3. The predicted octanol–water partition coefficient (Wildman–Crippen LogP) is 3.32. The molecule has 0 saturated carbocycles. The van der Waals surface area contributed by atoms with Gasteiger partial charge < -0.3 is 9.32 Å². The van der Waals surface area contributed by atoms with Crippen molar-refractivity contribution in [3.05, 3.63) is 53.7 Å². The van der Waals surface area contributed by atoms with Crippen molar-refractivity contribution in [1.29, 1.82) is 0 Å². The number of rotatable bonds is 6. The lowest BCUT2D eigenvalue weighted by Gasteiger charge is -2.42. The molecule has 2 fully saturated rings. The zero-order chi connectivity index (χ0) is 20.9. The third-order valence-electron chi connectivity index (χ3n) is 6.57. The Morgan fingerprint density at radius 1 is 1.20 bits per heavy atom. The Hall–Kier alpha value is -2.18. The lowest BCUT2D eigenvalue weighted by Crippen LogP contribution is -2.50. The molecule has 6 nitrogen and oxygen atoms in total. The van der Waals surface area contributed by atoms with Gasteiger partial charge in [-0.3, -0.25) is 19.6 Å². The molecule has 1 atom stereocenters. The normalized spacial score (nSPS) is 21.6. The van der Waals surface area contributed by atoms with Crippen LogP contribution in [0.4, 0.5) is 0 Å². The summed E-state index contributed by atoms with van der Waals surface area (Å²) in [5, 5.41) is 0. The Balaban J connectivity index is 1.26. The summed E-state index contributed by atoms with van der Waals surface area (Å²) in [4.78, 5) is 24.2. The van der Waals surface area contributed by atoms with E-state index < -0.39 is 0 Å². The number of furan rings is 1. The molecule has 0 radical (unpaired) electrons. The molecule has 0 spiro atoms. The molecule has 2 aromatic rings. The summed E-state index contributed by atoms with van der Waals surface area (Å²) in [6.45, 7) is 7.73. The lowest BCUT2D eigenvalue weighted by molar-refractivity contribution is -0.137. The summed E-state index contributed by atoms with van der Waals surface area (Å²) in [6, 6.07) is 8.68. The first-order valence-electron chi connectivity index (χ1n) is 11.2. The SMILES string of the molecule is Cc1ccc(CN(C)C(=O)[C@@H]2CCCN(C3CCN(Cc4cccnc4)CC3)C2)o1. The highest BCUT2D eigenvalue weighted by atomic mass is 16.3. The van der Waals surface area contributed by atoms with Crippen LogP contribution in [0.15, 0.2) is 41.1 Å². The molecule has 4 heterocycles. The van der Waals surface area contributed by atoms with Gasteiger partial charge >= 0.3 is 0 Å². The molecular weight excluding hydrogens is 376 g/mol. The number of amides is 1. The maximum atomic E-state index is 13.0. The van der Waals surface area contributed by atoms with Crippen LogP contribution < -0.4 is 0 Å². The largest absolute Gasteiger partial charge is 0.464 e. The van der Waals surface area contributed by atoms with Crippen LogP contribution >= 0.6 is 0 Å². The second kappa shape index (κ2) is 9.75. The standard InChI is InChI=1S/C24H34N4O2/c1-19-7-8-23(30-19)18-26(2)24(29)21-6-4-12-28(17-21)22-9-13-27(14-10-22)16-20-5-3-11-25-15-20/h3,5,7-8,11,15,21-22H,4,6,9-10,12-14,16-18H2,1-2H3/t21-/m1/s1. The maximum absolute atomic E-state index is 13.0. The average Bonchev–Trinajstić information content (AvgIpc) is 3.19. The van der Waals surface area contributed by atoms with Crippen LogP contribution in [0.1, 0.15) is 42.8 Å². The minimum absolute atomic E-state index is 0.105. The molecule has 1 amide bonds. The molecular formula is C24H34N4O2. The van der Waals surface area contributed by atoms with E-state index in [1.165, 1.54) is 18.4 Å². The highest BCUT2D eigenvalue weighted by Crippen LogP contribution is 2.26. The van der Waals surface area contributed by atoms with Gasteiger partial charge in [0.1, 0.15) is 11.5 Å². The van der Waals surface area contributed by atoms with E-state index >= 15 is 0 Å². The first kappa shape index (κ1) is 21.1. The van der Waals surface area contributed by atoms with E-state index in [0.29, 0.717) is 12.6 Å². The summed E-state index contributed by atoms with van der Waals surface area (Å²) >= 11 is 0. The number of likely N-dealkylation sites (tertiary alicyclic amines) is 2. The topological polar surface area (TPSA) is 52.8 Å². The van der Waals surface area contributed by atoms with Gasteiger partial charge in [0, 0.05) is 38.6 Å². The van der Waals surface area contributed by atoms with E-state index in [1.54, 1.807) is 0 Å². The number of aryl methyl sites for hydroxylation is 1. The summed E-state index contributed by atoms with van der Waals surface area (Å²) in [5.74, 6) is 2.11. The predicted molar refractivity (Wildman–Crippen MR) is 117 cm³/mol. The maximum Gasteiger partial charge on any atom is 0.227 e. The van der Waals surface area contributed by atoms with Crippen molar-refractivity contribution >= 4 is 5.91 Å². The smallest absolute Gasteiger partial charge is 0.227 e. The van der Waals surface area contributed by atoms with Crippen LogP contribution in [0.2, 0.25) is 0 Å². The van der Waals surface area contributed by atoms with Gasteiger partial charge in [0.15, 0.2) is 0 Å². The number of piperidine rings is 2. The number of pyridine rings is 1. The Morgan fingerprint density at radius 3 is 2.73 bits per heavy atom. The fourth-order valence-corrected chi connectivity index (χ4v) is 4.93. The summed E-state index contributed by atoms with van der Waals surface area (Å²) in [7, 11) is 1.90. The van der Waals surface area contributed by atoms with Gasteiger partial charge in [0.2, 0.25) is 5.91 Å². The van der Waals surface area contributed by atoms with Crippen molar-refractivity contribution in [2.75, 3.05) is 33.2 Å². The molecule has 2 aliphatic heterocycles.